The third-order valence-corrected chi connectivity index (χ3v) is 4.79. The average molecular weight is 328 g/mol. The Bertz CT molecular complexity index is 437. The minimum atomic E-state index is -4.52. The predicted molar refractivity (Wildman–Crippen MR) is 62.3 cm³/mol. The first-order valence-electron chi connectivity index (χ1n) is 4.94. The Kier molecular flexibility index (Phi) is 3.35. The van der Waals surface area contributed by atoms with E-state index in [1.807, 2.05) is 0 Å². The van der Waals surface area contributed by atoms with Gasteiger partial charge in [-0.25, -0.2) is 0 Å². The molecule has 0 aliphatic carbocycles. The molecule has 1 aromatic heterocycles. The molecule has 2 heterocycles. The van der Waals surface area contributed by atoms with Crippen LogP contribution in [0.15, 0.2) is 15.9 Å². The molecule has 0 radical (unpaired) electrons. The fourth-order valence-electron chi connectivity index (χ4n) is 1.93. The number of thiophene rings is 1. The molecule has 1 fully saturated rings. The first kappa shape index (κ1) is 13.0. The topological polar surface area (TPSA) is 29.1 Å². The van der Waals surface area contributed by atoms with Gasteiger partial charge in [0, 0.05) is 11.0 Å². The van der Waals surface area contributed by atoms with E-state index in [1.165, 1.54) is 0 Å². The van der Waals surface area contributed by atoms with Crippen molar-refractivity contribution in [1.82, 2.24) is 5.32 Å². The lowest BCUT2D eigenvalue weighted by molar-refractivity contribution is -0.197. The second kappa shape index (κ2) is 4.37. The highest BCUT2D eigenvalue weighted by molar-refractivity contribution is 9.10. The second-order valence-corrected chi connectivity index (χ2v) is 5.70. The van der Waals surface area contributed by atoms with Crippen LogP contribution in [-0.4, -0.2) is 25.0 Å². The number of carbonyl (C=O) groups excluding carboxylic acids is 1. The minimum absolute atomic E-state index is 0.144. The lowest BCUT2D eigenvalue weighted by Crippen LogP contribution is -2.46. The van der Waals surface area contributed by atoms with Crippen molar-refractivity contribution in [1.29, 1.82) is 0 Å². The van der Waals surface area contributed by atoms with Gasteiger partial charge in [0.25, 0.3) is 0 Å². The van der Waals surface area contributed by atoms with E-state index < -0.39 is 17.4 Å². The van der Waals surface area contributed by atoms with E-state index in [1.54, 1.807) is 11.4 Å². The molecule has 0 aromatic carbocycles. The van der Waals surface area contributed by atoms with Gasteiger partial charge in [-0.3, -0.25) is 4.79 Å². The Hall–Kier alpha value is -0.400. The molecule has 1 saturated heterocycles. The third-order valence-electron chi connectivity index (χ3n) is 2.96. The molecule has 2 rings (SSSR count). The molecule has 1 aliphatic heterocycles. The number of hydrogen-bond acceptors (Lipinski definition) is 3. The molecule has 0 spiro atoms. The maximum Gasteiger partial charge on any atom is 0.402 e. The van der Waals surface area contributed by atoms with E-state index in [0.29, 0.717) is 4.47 Å². The molecule has 7 heteroatoms. The lowest BCUT2D eigenvalue weighted by atomic mass is 9.81. The number of hydrogen-bond donors (Lipinski definition) is 1. The lowest BCUT2D eigenvalue weighted by Gasteiger charge is -2.28. The Morgan fingerprint density at radius 1 is 1.53 bits per heavy atom. The van der Waals surface area contributed by atoms with E-state index in [2.05, 4.69) is 21.2 Å². The van der Waals surface area contributed by atoms with Gasteiger partial charge < -0.3 is 5.32 Å². The molecule has 0 amide bonds. The number of rotatable bonds is 2. The van der Waals surface area contributed by atoms with Crippen molar-refractivity contribution in [2.45, 2.75) is 12.6 Å². The Labute approximate surface area is 108 Å². The van der Waals surface area contributed by atoms with Crippen LogP contribution < -0.4 is 5.32 Å². The molecule has 0 bridgehead atoms. The standard InChI is InChI=1S/C10H9BrF3NOS/c11-6-1-4-17-7(6)8(16)9(10(12,13)14)2-3-15-5-9/h1,4,15H,2-3,5H2. The average Bonchev–Trinajstić information content (AvgIpc) is 2.83. The van der Waals surface area contributed by atoms with Crippen molar-refractivity contribution in [3.63, 3.8) is 0 Å². The molecule has 0 saturated carbocycles. The first-order chi connectivity index (χ1) is 7.88. The summed E-state index contributed by atoms with van der Waals surface area (Å²) in [6.07, 6.45) is -4.71. The number of alkyl halides is 3. The number of carbonyl (C=O) groups is 1. The number of ketones is 1. The normalized spacial score (nSPS) is 25.2. The summed E-state index contributed by atoms with van der Waals surface area (Å²) in [4.78, 5) is 12.3. The highest BCUT2D eigenvalue weighted by Crippen LogP contribution is 2.46. The van der Waals surface area contributed by atoms with Crippen LogP contribution in [0, 0.1) is 5.41 Å². The number of halogens is 4. The van der Waals surface area contributed by atoms with E-state index in [9.17, 15) is 18.0 Å². The molecule has 94 valence electrons. The summed E-state index contributed by atoms with van der Waals surface area (Å²) in [6.45, 7) is -0.117. The van der Waals surface area contributed by atoms with Gasteiger partial charge in [-0.1, -0.05) is 0 Å². The Balaban J connectivity index is 2.42. The van der Waals surface area contributed by atoms with Gasteiger partial charge >= 0.3 is 6.18 Å². The summed E-state index contributed by atoms with van der Waals surface area (Å²) in [7, 11) is 0. The molecule has 17 heavy (non-hydrogen) atoms. The highest BCUT2D eigenvalue weighted by Gasteiger charge is 2.61. The van der Waals surface area contributed by atoms with Crippen LogP contribution >= 0.6 is 27.3 Å². The SMILES string of the molecule is O=C(c1sccc1Br)C1(C(F)(F)F)CCNC1. The van der Waals surface area contributed by atoms with Crippen LogP contribution in [0.2, 0.25) is 0 Å². The molecule has 2 nitrogen and oxygen atoms in total. The zero-order valence-electron chi connectivity index (χ0n) is 8.60. The minimum Gasteiger partial charge on any atom is -0.315 e. The van der Waals surface area contributed by atoms with Crippen LogP contribution in [0.25, 0.3) is 0 Å². The zero-order valence-corrected chi connectivity index (χ0v) is 11.0. The quantitative estimate of drug-likeness (QED) is 0.845. The highest BCUT2D eigenvalue weighted by atomic mass is 79.9. The van der Waals surface area contributed by atoms with Gasteiger partial charge in [0.15, 0.2) is 5.78 Å². The fraction of sp³-hybridized carbons (Fsp3) is 0.500. The van der Waals surface area contributed by atoms with E-state index in [4.69, 9.17) is 0 Å². The monoisotopic (exact) mass is 327 g/mol. The van der Waals surface area contributed by atoms with Gasteiger partial charge in [0.1, 0.15) is 5.41 Å². The van der Waals surface area contributed by atoms with Gasteiger partial charge in [0.05, 0.1) is 4.88 Å². The molecular weight excluding hydrogens is 319 g/mol. The van der Waals surface area contributed by atoms with Crippen molar-refractivity contribution in [2.24, 2.45) is 5.41 Å². The number of nitrogens with one attached hydrogen (secondary N) is 1. The van der Waals surface area contributed by atoms with Crippen LogP contribution in [0.5, 0.6) is 0 Å². The summed E-state index contributed by atoms with van der Waals surface area (Å²) in [5.74, 6) is -0.836. The molecule has 1 aromatic rings. The van der Waals surface area contributed by atoms with E-state index in [0.717, 1.165) is 11.3 Å². The summed E-state index contributed by atoms with van der Waals surface area (Å²) in [5, 5.41) is 4.23. The second-order valence-electron chi connectivity index (χ2n) is 3.93. The number of Topliss-reactive ketones (excluding diaryl/α,β-unsaturated/α-hetero) is 1. The Morgan fingerprint density at radius 2 is 2.24 bits per heavy atom. The maximum atomic E-state index is 13.1. The van der Waals surface area contributed by atoms with Crippen molar-refractivity contribution in [3.8, 4) is 0 Å². The summed E-state index contributed by atoms with van der Waals surface area (Å²) in [6, 6.07) is 1.59. The largest absolute Gasteiger partial charge is 0.402 e. The zero-order chi connectivity index (χ0) is 12.7. The maximum absolute atomic E-state index is 13.1. The summed E-state index contributed by atoms with van der Waals surface area (Å²) in [5.41, 5.74) is -2.26. The van der Waals surface area contributed by atoms with Gasteiger partial charge in [0.2, 0.25) is 0 Å². The first-order valence-corrected chi connectivity index (χ1v) is 6.61. The molecular formula is C10H9BrF3NOS. The van der Waals surface area contributed by atoms with E-state index >= 15 is 0 Å². The molecule has 1 unspecified atom stereocenters. The smallest absolute Gasteiger partial charge is 0.315 e. The van der Waals surface area contributed by atoms with Crippen molar-refractivity contribution >= 4 is 33.0 Å². The van der Waals surface area contributed by atoms with Crippen LogP contribution in [-0.2, 0) is 0 Å². The summed E-state index contributed by atoms with van der Waals surface area (Å²) < 4.78 is 39.8. The summed E-state index contributed by atoms with van der Waals surface area (Å²) >= 11 is 4.14. The fourth-order valence-corrected chi connectivity index (χ4v) is 3.52. The van der Waals surface area contributed by atoms with Gasteiger partial charge in [-0.05, 0) is 40.3 Å². The van der Waals surface area contributed by atoms with Gasteiger partial charge in [-0.15, -0.1) is 11.3 Å². The van der Waals surface area contributed by atoms with Crippen molar-refractivity contribution in [2.75, 3.05) is 13.1 Å². The molecule has 1 atom stereocenters. The van der Waals surface area contributed by atoms with Crippen molar-refractivity contribution < 1.29 is 18.0 Å². The van der Waals surface area contributed by atoms with Crippen molar-refractivity contribution in [3.05, 3.63) is 20.8 Å². The molecule has 1 N–H and O–H groups in total. The van der Waals surface area contributed by atoms with E-state index in [-0.39, 0.29) is 24.4 Å². The van der Waals surface area contributed by atoms with Gasteiger partial charge in [-0.2, -0.15) is 13.2 Å². The Morgan fingerprint density at radius 3 is 2.65 bits per heavy atom. The predicted octanol–water partition coefficient (Wildman–Crippen LogP) is 3.24. The third kappa shape index (κ3) is 2.04. The van der Waals surface area contributed by atoms with Crippen LogP contribution in [0.4, 0.5) is 13.2 Å². The van der Waals surface area contributed by atoms with Crippen LogP contribution in [0.1, 0.15) is 16.1 Å². The van der Waals surface area contributed by atoms with Crippen LogP contribution in [0.3, 0.4) is 0 Å². The molecule has 1 aliphatic rings.